The number of carbonyl (C=O) groups excluding carboxylic acids is 1. The van der Waals surface area contributed by atoms with E-state index in [4.69, 9.17) is 0 Å². The highest BCUT2D eigenvalue weighted by molar-refractivity contribution is 7.99. The van der Waals surface area contributed by atoms with E-state index in [2.05, 4.69) is 10.6 Å². The SMILES string of the molecule is CN(CCCNC(=O)CC1CSCCN1)CC(F)(F)F.Cl.Cl. The van der Waals surface area contributed by atoms with Crippen LogP contribution in [0.3, 0.4) is 0 Å². The molecule has 1 rings (SSSR count). The first-order valence-corrected chi connectivity index (χ1v) is 7.85. The van der Waals surface area contributed by atoms with Gasteiger partial charge in [0.15, 0.2) is 0 Å². The van der Waals surface area contributed by atoms with Crippen LogP contribution in [0.4, 0.5) is 13.2 Å². The third-order valence-electron chi connectivity index (χ3n) is 2.92. The van der Waals surface area contributed by atoms with Crippen LogP contribution in [0.1, 0.15) is 12.8 Å². The Labute approximate surface area is 146 Å². The van der Waals surface area contributed by atoms with Crippen LogP contribution in [0.15, 0.2) is 0 Å². The van der Waals surface area contributed by atoms with Crippen molar-refractivity contribution in [2.45, 2.75) is 25.1 Å². The molecule has 0 saturated carbocycles. The van der Waals surface area contributed by atoms with Crippen LogP contribution in [-0.2, 0) is 4.79 Å². The summed E-state index contributed by atoms with van der Waals surface area (Å²) >= 11 is 1.83. The molecule has 4 nitrogen and oxygen atoms in total. The molecule has 0 aromatic carbocycles. The predicted molar refractivity (Wildman–Crippen MR) is 89.4 cm³/mol. The van der Waals surface area contributed by atoms with Gasteiger partial charge in [0.1, 0.15) is 0 Å². The van der Waals surface area contributed by atoms with Gasteiger partial charge in [-0.15, -0.1) is 24.8 Å². The molecule has 0 radical (unpaired) electrons. The first-order chi connectivity index (χ1) is 9.37. The second-order valence-electron chi connectivity index (χ2n) is 4.99. The Balaban J connectivity index is 0. The molecule has 10 heteroatoms. The minimum atomic E-state index is -4.16. The summed E-state index contributed by atoms with van der Waals surface area (Å²) in [5.41, 5.74) is 0. The van der Waals surface area contributed by atoms with Crippen molar-refractivity contribution in [1.29, 1.82) is 0 Å². The number of nitrogens with one attached hydrogen (secondary N) is 2. The van der Waals surface area contributed by atoms with E-state index in [-0.39, 0.29) is 36.8 Å². The molecule has 1 aliphatic rings. The van der Waals surface area contributed by atoms with Gasteiger partial charge in [0.25, 0.3) is 0 Å². The monoisotopic (exact) mass is 385 g/mol. The van der Waals surface area contributed by atoms with Crippen molar-refractivity contribution in [1.82, 2.24) is 15.5 Å². The van der Waals surface area contributed by atoms with Crippen LogP contribution in [-0.4, -0.2) is 67.8 Å². The van der Waals surface area contributed by atoms with Crippen molar-refractivity contribution in [3.63, 3.8) is 0 Å². The summed E-state index contributed by atoms with van der Waals surface area (Å²) in [7, 11) is 1.43. The van der Waals surface area contributed by atoms with E-state index < -0.39 is 12.7 Å². The lowest BCUT2D eigenvalue weighted by Crippen LogP contribution is -2.41. The number of hydrogen-bond donors (Lipinski definition) is 2. The van der Waals surface area contributed by atoms with Gasteiger partial charge in [-0.1, -0.05) is 0 Å². The number of halogens is 5. The van der Waals surface area contributed by atoms with Gasteiger partial charge < -0.3 is 10.6 Å². The van der Waals surface area contributed by atoms with Crippen LogP contribution >= 0.6 is 36.6 Å². The maximum absolute atomic E-state index is 12.1. The zero-order chi connectivity index (χ0) is 15.0. The Morgan fingerprint density at radius 3 is 2.64 bits per heavy atom. The summed E-state index contributed by atoms with van der Waals surface area (Å²) in [5, 5.41) is 6.02. The molecule has 1 aliphatic heterocycles. The van der Waals surface area contributed by atoms with Gasteiger partial charge in [0.05, 0.1) is 6.54 Å². The van der Waals surface area contributed by atoms with E-state index in [0.717, 1.165) is 18.1 Å². The minimum absolute atomic E-state index is 0. The fourth-order valence-electron chi connectivity index (χ4n) is 2.01. The Bertz CT molecular complexity index is 306. The van der Waals surface area contributed by atoms with E-state index in [9.17, 15) is 18.0 Å². The first kappa shape index (κ1) is 24.4. The van der Waals surface area contributed by atoms with Crippen molar-refractivity contribution < 1.29 is 18.0 Å². The highest BCUT2D eigenvalue weighted by Crippen LogP contribution is 2.15. The summed E-state index contributed by atoms with van der Waals surface area (Å²) < 4.78 is 36.3. The average Bonchev–Trinajstić information content (AvgIpc) is 2.34. The number of thioether (sulfide) groups is 1. The summed E-state index contributed by atoms with van der Waals surface area (Å²) in [6.45, 7) is 0.743. The third-order valence-corrected chi connectivity index (χ3v) is 4.05. The largest absolute Gasteiger partial charge is 0.401 e. The number of carbonyl (C=O) groups is 1. The van der Waals surface area contributed by atoms with Crippen molar-refractivity contribution in [2.24, 2.45) is 0 Å². The van der Waals surface area contributed by atoms with E-state index in [0.29, 0.717) is 25.9 Å². The molecule has 1 heterocycles. The molecular weight excluding hydrogens is 362 g/mol. The molecule has 0 aromatic rings. The van der Waals surface area contributed by atoms with Gasteiger partial charge in [-0.25, -0.2) is 0 Å². The molecule has 0 bridgehead atoms. The van der Waals surface area contributed by atoms with Crippen LogP contribution in [0.25, 0.3) is 0 Å². The van der Waals surface area contributed by atoms with Crippen molar-refractivity contribution in [3.05, 3.63) is 0 Å². The Kier molecular flexibility index (Phi) is 13.9. The fourth-order valence-corrected chi connectivity index (χ4v) is 2.96. The van der Waals surface area contributed by atoms with Crippen molar-refractivity contribution >= 4 is 42.5 Å². The smallest absolute Gasteiger partial charge is 0.356 e. The van der Waals surface area contributed by atoms with Gasteiger partial charge >= 0.3 is 6.18 Å². The van der Waals surface area contributed by atoms with Crippen molar-refractivity contribution in [3.8, 4) is 0 Å². The molecule has 1 amide bonds. The van der Waals surface area contributed by atoms with Crippen LogP contribution < -0.4 is 10.6 Å². The van der Waals surface area contributed by atoms with Crippen molar-refractivity contribution in [2.75, 3.05) is 44.7 Å². The summed E-state index contributed by atoms with van der Waals surface area (Å²) in [4.78, 5) is 12.8. The van der Waals surface area contributed by atoms with Gasteiger partial charge in [0, 0.05) is 37.1 Å². The zero-order valence-corrected chi connectivity index (χ0v) is 14.9. The Hall–Kier alpha value is 0.110. The third kappa shape index (κ3) is 12.6. The number of hydrogen-bond acceptors (Lipinski definition) is 4. The molecule has 0 aliphatic carbocycles. The van der Waals surface area contributed by atoms with Crippen LogP contribution in [0, 0.1) is 0 Å². The van der Waals surface area contributed by atoms with Gasteiger partial charge in [-0.3, -0.25) is 9.69 Å². The maximum Gasteiger partial charge on any atom is 0.401 e. The zero-order valence-electron chi connectivity index (χ0n) is 12.4. The van der Waals surface area contributed by atoms with E-state index in [1.165, 1.54) is 11.9 Å². The normalized spacial score (nSPS) is 18.3. The highest BCUT2D eigenvalue weighted by atomic mass is 35.5. The maximum atomic E-state index is 12.1. The lowest BCUT2D eigenvalue weighted by atomic mass is 10.2. The Morgan fingerprint density at radius 2 is 2.09 bits per heavy atom. The average molecular weight is 386 g/mol. The summed E-state index contributed by atoms with van der Waals surface area (Å²) in [6, 6.07) is 0.210. The second-order valence-corrected chi connectivity index (χ2v) is 6.14. The number of amides is 1. The number of nitrogens with zero attached hydrogens (tertiary/aromatic N) is 1. The molecule has 134 valence electrons. The molecule has 22 heavy (non-hydrogen) atoms. The molecule has 1 unspecified atom stereocenters. The standard InChI is InChI=1S/C12H22F3N3OS.2ClH/c1-18(9-12(13,14)15)5-2-3-17-11(19)7-10-8-20-6-4-16-10;;/h10,16H,2-9H2,1H3,(H,17,19);2*1H. The lowest BCUT2D eigenvalue weighted by molar-refractivity contribution is -0.143. The molecular formula is C12H24Cl2F3N3OS. The van der Waals surface area contributed by atoms with E-state index in [1.807, 2.05) is 11.8 Å². The fraction of sp³-hybridized carbons (Fsp3) is 0.917. The molecule has 1 atom stereocenters. The first-order valence-electron chi connectivity index (χ1n) is 6.70. The Morgan fingerprint density at radius 1 is 1.41 bits per heavy atom. The number of alkyl halides is 3. The molecule has 0 spiro atoms. The minimum Gasteiger partial charge on any atom is -0.356 e. The molecule has 2 N–H and O–H groups in total. The van der Waals surface area contributed by atoms with E-state index >= 15 is 0 Å². The lowest BCUT2D eigenvalue weighted by Gasteiger charge is -2.22. The van der Waals surface area contributed by atoms with Gasteiger partial charge in [0.2, 0.25) is 5.91 Å². The van der Waals surface area contributed by atoms with Crippen LogP contribution in [0.2, 0.25) is 0 Å². The topological polar surface area (TPSA) is 44.4 Å². The summed E-state index contributed by atoms with van der Waals surface area (Å²) in [6.07, 6.45) is -3.21. The summed E-state index contributed by atoms with van der Waals surface area (Å²) in [5.74, 6) is 1.97. The quantitative estimate of drug-likeness (QED) is 0.657. The molecule has 1 saturated heterocycles. The molecule has 0 aromatic heterocycles. The second kappa shape index (κ2) is 12.5. The van der Waals surface area contributed by atoms with Crippen LogP contribution in [0.5, 0.6) is 0 Å². The predicted octanol–water partition coefficient (Wildman–Crippen LogP) is 1.93. The molecule has 1 fully saturated rings. The van der Waals surface area contributed by atoms with Gasteiger partial charge in [-0.2, -0.15) is 24.9 Å². The highest BCUT2D eigenvalue weighted by Gasteiger charge is 2.28. The number of rotatable bonds is 7. The van der Waals surface area contributed by atoms with Gasteiger partial charge in [-0.05, 0) is 20.0 Å². The van der Waals surface area contributed by atoms with E-state index in [1.54, 1.807) is 0 Å².